The fraction of sp³-hybridized carbons (Fsp3) is 0.316. The Kier molecular flexibility index (Phi) is 4.80. The fourth-order valence-electron chi connectivity index (χ4n) is 3.31. The molecule has 0 spiro atoms. The summed E-state index contributed by atoms with van der Waals surface area (Å²) in [4.78, 5) is 14.1. The van der Waals surface area contributed by atoms with E-state index in [2.05, 4.69) is 0 Å². The van der Waals surface area contributed by atoms with E-state index in [0.717, 1.165) is 11.6 Å². The molecule has 2 heterocycles. The van der Waals surface area contributed by atoms with Gasteiger partial charge in [0.05, 0.1) is 18.6 Å². The zero-order chi connectivity index (χ0) is 18.9. The number of hydrogen-bond donors (Lipinski definition) is 0. The Morgan fingerprint density at radius 1 is 1.12 bits per heavy atom. The van der Waals surface area contributed by atoms with Crippen LogP contribution < -0.4 is 0 Å². The van der Waals surface area contributed by atoms with Crippen LogP contribution in [0.5, 0.6) is 0 Å². The number of carbonyl (C=O) groups excluding carboxylic acids is 1. The number of ether oxygens (including phenoxy) is 1. The van der Waals surface area contributed by atoms with Crippen molar-refractivity contribution >= 4 is 5.97 Å². The Hall–Kier alpha value is -2.70. The minimum absolute atomic E-state index is 0.169. The third-order valence-corrected chi connectivity index (χ3v) is 4.50. The first kappa shape index (κ1) is 18.1. The smallest absolute Gasteiger partial charge is 0.431 e. The summed E-state index contributed by atoms with van der Waals surface area (Å²) >= 11 is 0. The number of aromatic nitrogens is 1. The van der Waals surface area contributed by atoms with Gasteiger partial charge in [-0.2, -0.15) is 13.2 Å². The van der Waals surface area contributed by atoms with Crippen molar-refractivity contribution < 1.29 is 22.7 Å². The fourth-order valence-corrected chi connectivity index (χ4v) is 3.31. The molecule has 0 saturated heterocycles. The molecule has 1 aliphatic heterocycles. The number of carbonyl (C=O) groups is 1. The molecule has 0 N–H and O–H groups in total. The van der Waals surface area contributed by atoms with Gasteiger partial charge in [0.25, 0.3) is 0 Å². The number of alkyl halides is 3. The van der Waals surface area contributed by atoms with Crippen LogP contribution in [0.25, 0.3) is 0 Å². The second-order valence-electron chi connectivity index (χ2n) is 6.19. The SMILES string of the molecule is COC(=O)/C1=C/N(C)CCn2c(ccc2C(F)(F)F)C1c1ccccc1. The average Bonchev–Trinajstić information content (AvgIpc) is 3.01. The van der Waals surface area contributed by atoms with Crippen LogP contribution in [0.3, 0.4) is 0 Å². The maximum atomic E-state index is 13.5. The van der Waals surface area contributed by atoms with Gasteiger partial charge >= 0.3 is 12.1 Å². The summed E-state index contributed by atoms with van der Waals surface area (Å²) < 4.78 is 46.5. The first-order chi connectivity index (χ1) is 12.3. The number of rotatable bonds is 2. The van der Waals surface area contributed by atoms with Crippen molar-refractivity contribution in [1.29, 1.82) is 0 Å². The highest BCUT2D eigenvalue weighted by molar-refractivity contribution is 5.91. The van der Waals surface area contributed by atoms with Crippen molar-refractivity contribution in [3.8, 4) is 0 Å². The number of nitrogens with zero attached hydrogens (tertiary/aromatic N) is 2. The van der Waals surface area contributed by atoms with E-state index in [9.17, 15) is 18.0 Å². The maximum Gasteiger partial charge on any atom is 0.431 e. The van der Waals surface area contributed by atoms with Crippen LogP contribution >= 0.6 is 0 Å². The van der Waals surface area contributed by atoms with Crippen molar-refractivity contribution in [2.24, 2.45) is 0 Å². The third kappa shape index (κ3) is 3.34. The number of methoxy groups -OCH3 is 1. The van der Waals surface area contributed by atoms with Crippen LogP contribution in [0.4, 0.5) is 13.2 Å². The van der Waals surface area contributed by atoms with Crippen molar-refractivity contribution in [1.82, 2.24) is 9.47 Å². The predicted molar refractivity (Wildman–Crippen MR) is 90.4 cm³/mol. The molecule has 0 saturated carbocycles. The second-order valence-corrected chi connectivity index (χ2v) is 6.19. The molecule has 4 nitrogen and oxygen atoms in total. The minimum atomic E-state index is -4.47. The van der Waals surface area contributed by atoms with Gasteiger partial charge in [0.1, 0.15) is 5.69 Å². The molecule has 1 atom stereocenters. The van der Waals surface area contributed by atoms with E-state index in [-0.39, 0.29) is 6.54 Å². The van der Waals surface area contributed by atoms with Gasteiger partial charge < -0.3 is 14.2 Å². The van der Waals surface area contributed by atoms with Gasteiger partial charge in [-0.1, -0.05) is 30.3 Å². The van der Waals surface area contributed by atoms with Gasteiger partial charge in [0.15, 0.2) is 0 Å². The van der Waals surface area contributed by atoms with Crippen LogP contribution in [-0.4, -0.2) is 36.1 Å². The molecule has 1 aromatic heterocycles. The lowest BCUT2D eigenvalue weighted by Crippen LogP contribution is -2.29. The number of benzene rings is 1. The first-order valence-corrected chi connectivity index (χ1v) is 8.14. The molecule has 0 aliphatic carbocycles. The van der Waals surface area contributed by atoms with Crippen LogP contribution in [-0.2, 0) is 22.3 Å². The van der Waals surface area contributed by atoms with Crippen molar-refractivity contribution in [2.75, 3.05) is 20.7 Å². The summed E-state index contributed by atoms with van der Waals surface area (Å²) in [5.41, 5.74) is 0.739. The molecule has 26 heavy (non-hydrogen) atoms. The Morgan fingerprint density at radius 2 is 1.81 bits per heavy atom. The monoisotopic (exact) mass is 364 g/mol. The molecule has 138 valence electrons. The number of hydrogen-bond acceptors (Lipinski definition) is 3. The molecule has 0 amide bonds. The van der Waals surface area contributed by atoms with Gasteiger partial charge in [0, 0.05) is 32.0 Å². The molecular formula is C19H19F3N2O2. The Balaban J connectivity index is 2.25. The van der Waals surface area contributed by atoms with E-state index in [1.807, 2.05) is 6.07 Å². The number of esters is 1. The lowest BCUT2D eigenvalue weighted by Gasteiger charge is -2.29. The van der Waals surface area contributed by atoms with Gasteiger partial charge in [-0.15, -0.1) is 0 Å². The Labute approximate surface area is 149 Å². The highest BCUT2D eigenvalue weighted by Crippen LogP contribution is 2.39. The van der Waals surface area contributed by atoms with Crippen molar-refractivity contribution in [3.63, 3.8) is 0 Å². The van der Waals surface area contributed by atoms with Crippen molar-refractivity contribution in [3.05, 3.63) is 71.2 Å². The van der Waals surface area contributed by atoms with E-state index in [1.54, 1.807) is 42.4 Å². The molecule has 0 bridgehead atoms. The van der Waals surface area contributed by atoms with Crippen LogP contribution in [0.1, 0.15) is 22.9 Å². The van der Waals surface area contributed by atoms with E-state index in [4.69, 9.17) is 4.74 Å². The molecule has 0 radical (unpaired) electrons. The van der Waals surface area contributed by atoms with Gasteiger partial charge in [-0.3, -0.25) is 0 Å². The zero-order valence-corrected chi connectivity index (χ0v) is 14.5. The zero-order valence-electron chi connectivity index (χ0n) is 14.5. The minimum Gasteiger partial charge on any atom is -0.466 e. The van der Waals surface area contributed by atoms with Gasteiger partial charge in [-0.05, 0) is 17.7 Å². The normalized spacial score (nSPS) is 19.8. The van der Waals surface area contributed by atoms with Gasteiger partial charge in [-0.25, -0.2) is 4.79 Å². The summed E-state index contributed by atoms with van der Waals surface area (Å²) in [6, 6.07) is 11.5. The largest absolute Gasteiger partial charge is 0.466 e. The Morgan fingerprint density at radius 3 is 2.42 bits per heavy atom. The lowest BCUT2D eigenvalue weighted by atomic mass is 9.88. The van der Waals surface area contributed by atoms with Crippen LogP contribution in [0.2, 0.25) is 0 Å². The van der Waals surface area contributed by atoms with Crippen LogP contribution in [0, 0.1) is 0 Å². The number of likely N-dealkylation sites (N-methyl/N-ethyl adjacent to an activating group) is 1. The summed E-state index contributed by atoms with van der Waals surface area (Å²) in [7, 11) is 3.00. The number of halogens is 3. The average molecular weight is 364 g/mol. The molecule has 2 aromatic rings. The highest BCUT2D eigenvalue weighted by Gasteiger charge is 2.38. The van der Waals surface area contributed by atoms with Crippen molar-refractivity contribution in [2.45, 2.75) is 18.6 Å². The predicted octanol–water partition coefficient (Wildman–Crippen LogP) is 3.64. The molecule has 1 aliphatic rings. The quantitative estimate of drug-likeness (QED) is 0.763. The molecule has 3 rings (SSSR count). The van der Waals surface area contributed by atoms with E-state index < -0.39 is 23.8 Å². The topological polar surface area (TPSA) is 34.5 Å². The number of fused-ring (bicyclic) bond motifs is 1. The van der Waals surface area contributed by atoms with E-state index in [0.29, 0.717) is 17.8 Å². The van der Waals surface area contributed by atoms with Gasteiger partial charge in [0.2, 0.25) is 0 Å². The highest BCUT2D eigenvalue weighted by atomic mass is 19.4. The summed E-state index contributed by atoms with van der Waals surface area (Å²) in [6.45, 7) is 0.509. The van der Waals surface area contributed by atoms with E-state index >= 15 is 0 Å². The maximum absolute atomic E-state index is 13.5. The molecule has 0 fully saturated rings. The molecule has 7 heteroatoms. The Bertz CT molecular complexity index is 825. The summed E-state index contributed by atoms with van der Waals surface area (Å²) in [5, 5.41) is 0. The standard InChI is InChI=1S/C19H19F3N2O2/c1-23-10-11-24-15(8-9-16(24)19(20,21)22)17(13-6-4-3-5-7-13)14(12-23)18(25)26-2/h3-9,12,17H,10-11H2,1-2H3/b14-12+. The summed E-state index contributed by atoms with van der Waals surface area (Å²) in [5.74, 6) is -1.21. The lowest BCUT2D eigenvalue weighted by molar-refractivity contribution is -0.143. The van der Waals surface area contributed by atoms with E-state index in [1.165, 1.54) is 17.7 Å². The molecule has 1 unspecified atom stereocenters. The third-order valence-electron chi connectivity index (χ3n) is 4.50. The first-order valence-electron chi connectivity index (χ1n) is 8.14. The summed E-state index contributed by atoms with van der Waals surface area (Å²) in [6.07, 6.45) is -2.81. The molecular weight excluding hydrogens is 345 g/mol. The molecule has 1 aromatic carbocycles. The van der Waals surface area contributed by atoms with Crippen LogP contribution in [0.15, 0.2) is 54.2 Å². The second kappa shape index (κ2) is 6.90.